The number of halogens is 1. The molecular weight excluding hydrogens is 221 g/mol. The average Bonchev–Trinajstić information content (AvgIpc) is 2.29. The van der Waals surface area contributed by atoms with E-state index in [9.17, 15) is 9.18 Å². The number of hydrogen-bond acceptors (Lipinski definition) is 3. The molecular formula is C13H12FNO2. The van der Waals surface area contributed by atoms with Crippen molar-refractivity contribution >= 4 is 16.9 Å². The van der Waals surface area contributed by atoms with Gasteiger partial charge in [-0.25, -0.2) is 4.39 Å². The highest BCUT2D eigenvalue weighted by Crippen LogP contribution is 2.20. The summed E-state index contributed by atoms with van der Waals surface area (Å²) < 4.78 is 17.8. The van der Waals surface area contributed by atoms with Gasteiger partial charge < -0.3 is 4.74 Å². The van der Waals surface area contributed by atoms with Crippen molar-refractivity contribution in [2.24, 2.45) is 0 Å². The van der Waals surface area contributed by atoms with Crippen molar-refractivity contribution < 1.29 is 13.9 Å². The molecule has 88 valence electrons. The van der Waals surface area contributed by atoms with E-state index in [0.29, 0.717) is 10.9 Å². The largest absolute Gasteiger partial charge is 0.469 e. The number of hydrogen-bond donors (Lipinski definition) is 0. The molecule has 0 saturated heterocycles. The third-order valence-corrected chi connectivity index (χ3v) is 2.55. The summed E-state index contributed by atoms with van der Waals surface area (Å²) in [4.78, 5) is 15.6. The van der Waals surface area contributed by atoms with Gasteiger partial charge in [-0.2, -0.15) is 0 Å². The minimum atomic E-state index is -0.346. The van der Waals surface area contributed by atoms with E-state index in [1.807, 2.05) is 6.92 Å². The zero-order valence-electron chi connectivity index (χ0n) is 9.66. The molecule has 1 heterocycles. The Hall–Kier alpha value is -1.97. The van der Waals surface area contributed by atoms with E-state index in [1.165, 1.54) is 19.2 Å². The first-order valence-electron chi connectivity index (χ1n) is 5.23. The number of pyridine rings is 1. The molecule has 0 N–H and O–H groups in total. The summed E-state index contributed by atoms with van der Waals surface area (Å²) in [7, 11) is 1.33. The second-order valence-electron chi connectivity index (χ2n) is 3.84. The van der Waals surface area contributed by atoms with Gasteiger partial charge in [0, 0.05) is 11.1 Å². The molecule has 0 unspecified atom stereocenters. The monoisotopic (exact) mass is 233 g/mol. The average molecular weight is 233 g/mol. The van der Waals surface area contributed by atoms with E-state index in [-0.39, 0.29) is 18.2 Å². The maximum atomic E-state index is 13.2. The van der Waals surface area contributed by atoms with Gasteiger partial charge in [-0.1, -0.05) is 0 Å². The molecule has 0 bridgehead atoms. The van der Waals surface area contributed by atoms with Crippen LogP contribution in [0.3, 0.4) is 0 Å². The van der Waals surface area contributed by atoms with Gasteiger partial charge in [0.1, 0.15) is 5.82 Å². The minimum absolute atomic E-state index is 0.125. The molecule has 0 aliphatic rings. The predicted octanol–water partition coefficient (Wildman–Crippen LogP) is 2.40. The SMILES string of the molecule is COC(=O)Cc1cc(C)nc2ccc(F)cc12. The number of aromatic nitrogens is 1. The number of nitrogens with zero attached hydrogens (tertiary/aromatic N) is 1. The topological polar surface area (TPSA) is 39.2 Å². The molecule has 1 aromatic carbocycles. The van der Waals surface area contributed by atoms with Crippen LogP contribution in [0.1, 0.15) is 11.3 Å². The molecule has 0 saturated carbocycles. The number of rotatable bonds is 2. The van der Waals surface area contributed by atoms with Crippen LogP contribution in [0.4, 0.5) is 4.39 Å². The highest BCUT2D eigenvalue weighted by atomic mass is 19.1. The van der Waals surface area contributed by atoms with Crippen LogP contribution in [0.25, 0.3) is 10.9 Å². The lowest BCUT2D eigenvalue weighted by molar-refractivity contribution is -0.139. The van der Waals surface area contributed by atoms with Crippen LogP contribution in [0, 0.1) is 12.7 Å². The Kier molecular flexibility index (Phi) is 3.04. The molecule has 2 rings (SSSR count). The van der Waals surface area contributed by atoms with E-state index in [4.69, 9.17) is 0 Å². The summed E-state index contributed by atoms with van der Waals surface area (Å²) in [6, 6.07) is 6.13. The molecule has 0 aliphatic carbocycles. The Labute approximate surface area is 98.2 Å². The second-order valence-corrected chi connectivity index (χ2v) is 3.84. The van der Waals surface area contributed by atoms with Crippen molar-refractivity contribution in [3.8, 4) is 0 Å². The lowest BCUT2D eigenvalue weighted by Crippen LogP contribution is -2.06. The Morgan fingerprint density at radius 1 is 1.41 bits per heavy atom. The van der Waals surface area contributed by atoms with Crippen LogP contribution >= 0.6 is 0 Å². The summed E-state index contributed by atoms with van der Waals surface area (Å²) in [6.45, 7) is 1.84. The van der Waals surface area contributed by atoms with Crippen molar-refractivity contribution in [1.29, 1.82) is 0 Å². The lowest BCUT2D eigenvalue weighted by Gasteiger charge is -2.07. The van der Waals surface area contributed by atoms with Gasteiger partial charge in [0.05, 0.1) is 19.0 Å². The Bertz CT molecular complexity index is 581. The van der Waals surface area contributed by atoms with Gasteiger partial charge in [-0.05, 0) is 36.8 Å². The molecule has 0 radical (unpaired) electrons. The van der Waals surface area contributed by atoms with Crippen LogP contribution in [0.15, 0.2) is 24.3 Å². The summed E-state index contributed by atoms with van der Waals surface area (Å²) >= 11 is 0. The van der Waals surface area contributed by atoms with Crippen molar-refractivity contribution in [3.05, 3.63) is 41.3 Å². The normalized spacial score (nSPS) is 10.5. The van der Waals surface area contributed by atoms with Crippen LogP contribution in [0.5, 0.6) is 0 Å². The van der Waals surface area contributed by atoms with E-state index in [1.54, 1.807) is 12.1 Å². The number of methoxy groups -OCH3 is 1. The third kappa shape index (κ3) is 2.41. The van der Waals surface area contributed by atoms with Crippen molar-refractivity contribution in [1.82, 2.24) is 4.98 Å². The standard InChI is InChI=1S/C13H12FNO2/c1-8-5-9(6-13(16)17-2)11-7-10(14)3-4-12(11)15-8/h3-5,7H,6H2,1-2H3. The maximum absolute atomic E-state index is 13.2. The van der Waals surface area contributed by atoms with Gasteiger partial charge in [0.25, 0.3) is 0 Å². The first-order valence-corrected chi connectivity index (χ1v) is 5.23. The molecule has 0 fully saturated rings. The van der Waals surface area contributed by atoms with E-state index in [0.717, 1.165) is 11.3 Å². The van der Waals surface area contributed by atoms with Crippen molar-refractivity contribution in [2.75, 3.05) is 7.11 Å². The third-order valence-electron chi connectivity index (χ3n) is 2.55. The number of ether oxygens (including phenoxy) is 1. The van der Waals surface area contributed by atoms with E-state index in [2.05, 4.69) is 9.72 Å². The summed E-state index contributed by atoms with van der Waals surface area (Å²) in [5, 5.41) is 0.654. The minimum Gasteiger partial charge on any atom is -0.469 e. The molecule has 3 nitrogen and oxygen atoms in total. The molecule has 0 amide bonds. The van der Waals surface area contributed by atoms with Crippen molar-refractivity contribution in [2.45, 2.75) is 13.3 Å². The zero-order valence-corrected chi connectivity index (χ0v) is 9.66. The first-order chi connectivity index (χ1) is 8.10. The first kappa shape index (κ1) is 11.5. The Morgan fingerprint density at radius 3 is 2.88 bits per heavy atom. The number of benzene rings is 1. The number of aryl methyl sites for hydroxylation is 1. The summed E-state index contributed by atoms with van der Waals surface area (Å²) in [5.41, 5.74) is 2.21. The molecule has 0 atom stereocenters. The molecule has 0 aliphatic heterocycles. The van der Waals surface area contributed by atoms with E-state index >= 15 is 0 Å². The number of esters is 1. The quantitative estimate of drug-likeness (QED) is 0.748. The predicted molar refractivity (Wildman–Crippen MR) is 62.2 cm³/mol. The van der Waals surface area contributed by atoms with Gasteiger partial charge in [-0.3, -0.25) is 9.78 Å². The second kappa shape index (κ2) is 4.49. The molecule has 1 aromatic heterocycles. The molecule has 17 heavy (non-hydrogen) atoms. The van der Waals surface area contributed by atoms with E-state index < -0.39 is 0 Å². The van der Waals surface area contributed by atoms with Gasteiger partial charge >= 0.3 is 5.97 Å². The van der Waals surface area contributed by atoms with Crippen LogP contribution in [-0.4, -0.2) is 18.1 Å². The lowest BCUT2D eigenvalue weighted by atomic mass is 10.0. The van der Waals surface area contributed by atoms with Crippen LogP contribution in [-0.2, 0) is 16.0 Å². The maximum Gasteiger partial charge on any atom is 0.310 e. The van der Waals surface area contributed by atoms with Gasteiger partial charge in [-0.15, -0.1) is 0 Å². The van der Waals surface area contributed by atoms with Gasteiger partial charge in [0.15, 0.2) is 0 Å². The smallest absolute Gasteiger partial charge is 0.310 e. The fraction of sp³-hybridized carbons (Fsp3) is 0.231. The number of carbonyl (C=O) groups excluding carboxylic acids is 1. The van der Waals surface area contributed by atoms with Crippen LogP contribution in [0.2, 0.25) is 0 Å². The fourth-order valence-corrected chi connectivity index (χ4v) is 1.79. The van der Waals surface area contributed by atoms with Crippen molar-refractivity contribution in [3.63, 3.8) is 0 Å². The molecule has 4 heteroatoms. The summed E-state index contributed by atoms with van der Waals surface area (Å²) in [5.74, 6) is -0.685. The molecule has 0 spiro atoms. The Morgan fingerprint density at radius 2 is 2.18 bits per heavy atom. The number of carbonyl (C=O) groups is 1. The fourth-order valence-electron chi connectivity index (χ4n) is 1.79. The number of fused-ring (bicyclic) bond motifs is 1. The highest BCUT2D eigenvalue weighted by molar-refractivity contribution is 5.86. The summed E-state index contributed by atoms with van der Waals surface area (Å²) in [6.07, 6.45) is 0.125. The Balaban J connectivity index is 2.59. The van der Waals surface area contributed by atoms with Gasteiger partial charge in [0.2, 0.25) is 0 Å². The highest BCUT2D eigenvalue weighted by Gasteiger charge is 2.09. The zero-order chi connectivity index (χ0) is 12.4. The molecule has 2 aromatic rings. The van der Waals surface area contributed by atoms with Crippen LogP contribution < -0.4 is 0 Å².